The molecule has 11 nitrogen and oxygen atoms in total. The zero-order valence-corrected chi connectivity index (χ0v) is 24.2. The van der Waals surface area contributed by atoms with Crippen molar-refractivity contribution >= 4 is 35.0 Å². The Kier molecular flexibility index (Phi) is 11.0. The molecule has 4 N–H and O–H groups in total. The number of amides is 3. The molecule has 11 heteroatoms. The van der Waals surface area contributed by atoms with Gasteiger partial charge in [-0.2, -0.15) is 0 Å². The molecule has 1 aromatic carbocycles. The van der Waals surface area contributed by atoms with E-state index >= 15 is 0 Å². The van der Waals surface area contributed by atoms with Crippen molar-refractivity contribution in [3.63, 3.8) is 0 Å². The maximum atomic E-state index is 12.5. The molecular weight excluding hydrogens is 508 g/mol. The first-order chi connectivity index (χ1) is 19.1. The molecule has 216 valence electrons. The SMILES string of the molecule is CCc1nc(C(N)=O)c(Nc2cccc(C(C)CNC(=O)CN(C)C(=O)C=CCN3CCC3)c2)nc1N(C)CC. The van der Waals surface area contributed by atoms with Crippen molar-refractivity contribution in [2.24, 2.45) is 5.73 Å². The van der Waals surface area contributed by atoms with Crippen LogP contribution < -0.4 is 21.3 Å². The third kappa shape index (κ3) is 8.25. The second-order valence-electron chi connectivity index (χ2n) is 10.1. The lowest BCUT2D eigenvalue weighted by Gasteiger charge is -2.29. The quantitative estimate of drug-likeness (QED) is 0.305. The van der Waals surface area contributed by atoms with Gasteiger partial charge in [0.05, 0.1) is 12.2 Å². The van der Waals surface area contributed by atoms with Crippen LogP contribution >= 0.6 is 0 Å². The van der Waals surface area contributed by atoms with Crippen LogP contribution in [0, 0.1) is 0 Å². The average Bonchev–Trinajstić information content (AvgIpc) is 2.92. The summed E-state index contributed by atoms with van der Waals surface area (Å²) in [5.41, 5.74) is 8.12. The van der Waals surface area contributed by atoms with Crippen LogP contribution in [0.25, 0.3) is 0 Å². The first kappa shape index (κ1) is 30.6. The van der Waals surface area contributed by atoms with Crippen LogP contribution in [0.3, 0.4) is 0 Å². The maximum absolute atomic E-state index is 12.5. The molecule has 0 bridgehead atoms. The Morgan fingerprint density at radius 3 is 2.55 bits per heavy atom. The minimum absolute atomic E-state index is 0.00548. The molecule has 1 atom stereocenters. The number of hydrogen-bond donors (Lipinski definition) is 3. The van der Waals surface area contributed by atoms with E-state index in [0.717, 1.165) is 37.4 Å². The fourth-order valence-electron chi connectivity index (χ4n) is 4.20. The monoisotopic (exact) mass is 550 g/mol. The predicted octanol–water partition coefficient (Wildman–Crippen LogP) is 2.28. The third-order valence-corrected chi connectivity index (χ3v) is 7.00. The molecule has 0 saturated carbocycles. The van der Waals surface area contributed by atoms with Crippen molar-refractivity contribution < 1.29 is 14.4 Å². The number of carbonyl (C=O) groups excluding carboxylic acids is 3. The maximum Gasteiger partial charge on any atom is 0.271 e. The number of likely N-dealkylation sites (N-methyl/N-ethyl adjacent to an activating group) is 1. The van der Waals surface area contributed by atoms with Gasteiger partial charge in [0.2, 0.25) is 11.8 Å². The lowest BCUT2D eigenvalue weighted by Crippen LogP contribution is -2.39. The van der Waals surface area contributed by atoms with Crippen LogP contribution in [0.1, 0.15) is 54.9 Å². The van der Waals surface area contributed by atoms with Crippen LogP contribution in [0.15, 0.2) is 36.4 Å². The fourth-order valence-corrected chi connectivity index (χ4v) is 4.20. The molecule has 1 unspecified atom stereocenters. The van der Waals surface area contributed by atoms with Crippen LogP contribution in [0.2, 0.25) is 0 Å². The molecule has 0 aliphatic carbocycles. The number of rotatable bonds is 14. The molecule has 1 aliphatic heterocycles. The Balaban J connectivity index is 1.61. The Morgan fingerprint density at radius 2 is 1.93 bits per heavy atom. The Bertz CT molecular complexity index is 1230. The number of hydrogen-bond acceptors (Lipinski definition) is 8. The number of nitrogens with two attached hydrogens (primary N) is 1. The molecule has 1 saturated heterocycles. The van der Waals surface area contributed by atoms with Crippen molar-refractivity contribution in [3.8, 4) is 0 Å². The summed E-state index contributed by atoms with van der Waals surface area (Å²) in [6, 6.07) is 7.68. The Morgan fingerprint density at radius 1 is 1.18 bits per heavy atom. The number of nitrogens with zero attached hydrogens (tertiary/aromatic N) is 5. The van der Waals surface area contributed by atoms with Gasteiger partial charge in [-0.05, 0) is 56.5 Å². The predicted molar refractivity (Wildman–Crippen MR) is 158 cm³/mol. The van der Waals surface area contributed by atoms with Crippen LogP contribution in [-0.4, -0.2) is 90.9 Å². The summed E-state index contributed by atoms with van der Waals surface area (Å²) in [6.45, 7) is 9.99. The molecule has 3 amide bonds. The smallest absolute Gasteiger partial charge is 0.271 e. The van der Waals surface area contributed by atoms with Crippen molar-refractivity contribution in [1.29, 1.82) is 0 Å². The number of likely N-dealkylation sites (tertiary alicyclic amines) is 1. The molecule has 0 radical (unpaired) electrons. The second kappa shape index (κ2) is 14.4. The van der Waals surface area contributed by atoms with Gasteiger partial charge in [0.1, 0.15) is 0 Å². The van der Waals surface area contributed by atoms with E-state index < -0.39 is 5.91 Å². The van der Waals surface area contributed by atoms with E-state index in [0.29, 0.717) is 30.3 Å². The average molecular weight is 551 g/mol. The van der Waals surface area contributed by atoms with E-state index in [2.05, 4.69) is 20.5 Å². The van der Waals surface area contributed by atoms with Gasteiger partial charge in [0.15, 0.2) is 17.3 Å². The zero-order chi connectivity index (χ0) is 29.2. The topological polar surface area (TPSA) is 137 Å². The first-order valence-corrected chi connectivity index (χ1v) is 13.8. The van der Waals surface area contributed by atoms with Gasteiger partial charge in [0.25, 0.3) is 5.91 Å². The van der Waals surface area contributed by atoms with Gasteiger partial charge >= 0.3 is 0 Å². The van der Waals surface area contributed by atoms with E-state index in [-0.39, 0.29) is 30.0 Å². The number of benzene rings is 1. The summed E-state index contributed by atoms with van der Waals surface area (Å²) in [7, 11) is 3.54. The lowest BCUT2D eigenvalue weighted by molar-refractivity contribution is -0.131. The Labute approximate surface area is 236 Å². The molecule has 2 aromatic rings. The van der Waals surface area contributed by atoms with Gasteiger partial charge in [-0.1, -0.05) is 32.1 Å². The van der Waals surface area contributed by atoms with Crippen molar-refractivity contribution in [3.05, 3.63) is 53.4 Å². The summed E-state index contributed by atoms with van der Waals surface area (Å²) < 4.78 is 0. The van der Waals surface area contributed by atoms with E-state index in [4.69, 9.17) is 10.7 Å². The van der Waals surface area contributed by atoms with Gasteiger partial charge in [-0.3, -0.25) is 19.3 Å². The Hall–Kier alpha value is -3.99. The summed E-state index contributed by atoms with van der Waals surface area (Å²) in [5.74, 6) is -0.0874. The molecule has 2 heterocycles. The summed E-state index contributed by atoms with van der Waals surface area (Å²) >= 11 is 0. The standard InChI is InChI=1S/C29H42N8O3/c1-6-23-29(35(4)7-2)34-28(26(33-23)27(30)40)32-22-12-8-11-21(17-22)20(3)18-31-24(38)19-36(5)25(39)13-9-14-37-15-10-16-37/h8-9,11-13,17,20H,6-7,10,14-16,18-19H2,1-5H3,(H2,30,40)(H,31,38)(H,32,34). The molecule has 0 spiro atoms. The van der Waals surface area contributed by atoms with Crippen molar-refractivity contribution in [2.75, 3.05) is 63.6 Å². The van der Waals surface area contributed by atoms with Crippen molar-refractivity contribution in [2.45, 2.75) is 39.5 Å². The van der Waals surface area contributed by atoms with Crippen molar-refractivity contribution in [1.82, 2.24) is 25.1 Å². The van der Waals surface area contributed by atoms with E-state index in [1.165, 1.54) is 17.4 Å². The normalized spacial score (nSPS) is 13.9. The highest BCUT2D eigenvalue weighted by Crippen LogP contribution is 2.26. The number of anilines is 3. The fraction of sp³-hybridized carbons (Fsp3) is 0.483. The van der Waals surface area contributed by atoms with Gasteiger partial charge < -0.3 is 26.2 Å². The van der Waals surface area contributed by atoms with E-state index in [1.807, 2.05) is 63.1 Å². The largest absolute Gasteiger partial charge is 0.364 e. The molecule has 1 aromatic heterocycles. The zero-order valence-electron chi connectivity index (χ0n) is 24.2. The van der Waals surface area contributed by atoms with E-state index in [1.54, 1.807) is 7.05 Å². The van der Waals surface area contributed by atoms with Crippen LogP contribution in [0.4, 0.5) is 17.3 Å². The minimum atomic E-state index is -0.655. The highest BCUT2D eigenvalue weighted by Gasteiger charge is 2.19. The lowest BCUT2D eigenvalue weighted by atomic mass is 10.0. The minimum Gasteiger partial charge on any atom is -0.364 e. The molecule has 1 aliphatic rings. The van der Waals surface area contributed by atoms with Gasteiger partial charge in [-0.15, -0.1) is 0 Å². The van der Waals surface area contributed by atoms with E-state index in [9.17, 15) is 14.4 Å². The van der Waals surface area contributed by atoms with Gasteiger partial charge in [-0.25, -0.2) is 9.97 Å². The van der Waals surface area contributed by atoms with Gasteiger partial charge in [0, 0.05) is 45.5 Å². The number of primary amides is 1. The number of nitrogens with one attached hydrogen (secondary N) is 2. The molecule has 40 heavy (non-hydrogen) atoms. The highest BCUT2D eigenvalue weighted by atomic mass is 16.2. The molecule has 3 rings (SSSR count). The van der Waals surface area contributed by atoms with Crippen LogP contribution in [0.5, 0.6) is 0 Å². The van der Waals surface area contributed by atoms with Crippen LogP contribution in [-0.2, 0) is 16.0 Å². The number of aryl methyl sites for hydroxylation is 1. The third-order valence-electron chi connectivity index (χ3n) is 7.00. The molecular formula is C29H42N8O3. The highest BCUT2D eigenvalue weighted by molar-refractivity contribution is 5.96. The number of carbonyl (C=O) groups is 3. The summed E-state index contributed by atoms with van der Waals surface area (Å²) in [5, 5.41) is 6.13. The molecule has 1 fully saturated rings. The second-order valence-corrected chi connectivity index (χ2v) is 10.1. The first-order valence-electron chi connectivity index (χ1n) is 13.8. The number of aromatic nitrogens is 2. The summed E-state index contributed by atoms with van der Waals surface area (Å²) in [4.78, 5) is 51.8. The summed E-state index contributed by atoms with van der Waals surface area (Å²) in [6.07, 6.45) is 5.19.